The highest BCUT2D eigenvalue weighted by Crippen LogP contribution is 2.44. The summed E-state index contributed by atoms with van der Waals surface area (Å²) in [5.41, 5.74) is 4.64. The minimum Gasteiger partial charge on any atom is -0.481 e. The van der Waals surface area contributed by atoms with E-state index in [0.717, 1.165) is 11.1 Å². The Labute approximate surface area is 188 Å². The van der Waals surface area contributed by atoms with E-state index in [1.54, 1.807) is 20.8 Å². The summed E-state index contributed by atoms with van der Waals surface area (Å²) in [6, 6.07) is 15.6. The largest absolute Gasteiger partial charge is 0.481 e. The predicted octanol–water partition coefficient (Wildman–Crippen LogP) is 3.92. The zero-order valence-electron chi connectivity index (χ0n) is 18.6. The number of carboxylic acids is 1. The Morgan fingerprint density at radius 1 is 0.938 bits per heavy atom. The van der Waals surface area contributed by atoms with Crippen molar-refractivity contribution < 1.29 is 24.2 Å². The van der Waals surface area contributed by atoms with Crippen LogP contribution in [0.1, 0.15) is 50.7 Å². The molecule has 1 aliphatic carbocycles. The lowest BCUT2D eigenvalue weighted by atomic mass is 9.98. The zero-order valence-corrected chi connectivity index (χ0v) is 18.6. The normalized spacial score (nSPS) is 15.1. The molecule has 0 saturated carbocycles. The first-order valence-electron chi connectivity index (χ1n) is 10.9. The average Bonchev–Trinajstić information content (AvgIpc) is 3.09. The van der Waals surface area contributed by atoms with E-state index in [1.807, 2.05) is 24.3 Å². The van der Waals surface area contributed by atoms with Crippen LogP contribution in [0.15, 0.2) is 48.5 Å². The third kappa shape index (κ3) is 5.46. The van der Waals surface area contributed by atoms with Crippen LogP contribution in [0.4, 0.5) is 4.79 Å². The minimum atomic E-state index is -0.955. The van der Waals surface area contributed by atoms with E-state index >= 15 is 0 Å². The molecule has 0 bridgehead atoms. The Kier molecular flexibility index (Phi) is 7.51. The Balaban J connectivity index is 1.46. The monoisotopic (exact) mass is 438 g/mol. The SMILES string of the molecule is CC(CCC(=O)NC(C)C(C)C(=O)O)NC(=O)OCC1c2ccccc2-c2ccccc21. The van der Waals surface area contributed by atoms with Gasteiger partial charge in [-0.25, -0.2) is 4.79 Å². The number of aliphatic carboxylic acids is 1. The molecule has 7 heteroatoms. The molecule has 2 amide bonds. The molecular formula is C25H30N2O5. The fraction of sp³-hybridized carbons (Fsp3) is 0.400. The number of nitrogens with one attached hydrogen (secondary N) is 2. The highest BCUT2D eigenvalue weighted by atomic mass is 16.5. The van der Waals surface area contributed by atoms with Crippen LogP contribution >= 0.6 is 0 Å². The highest BCUT2D eigenvalue weighted by molar-refractivity contribution is 5.79. The van der Waals surface area contributed by atoms with Gasteiger partial charge in [-0.1, -0.05) is 48.5 Å². The average molecular weight is 439 g/mol. The van der Waals surface area contributed by atoms with Gasteiger partial charge in [0.2, 0.25) is 5.91 Å². The van der Waals surface area contributed by atoms with Crippen LogP contribution in [0.2, 0.25) is 0 Å². The molecule has 3 unspecified atom stereocenters. The van der Waals surface area contributed by atoms with Crippen molar-refractivity contribution in [2.45, 2.75) is 51.6 Å². The molecule has 0 spiro atoms. The Hall–Kier alpha value is -3.35. The molecule has 170 valence electrons. The van der Waals surface area contributed by atoms with Crippen LogP contribution in [-0.4, -0.2) is 41.8 Å². The van der Waals surface area contributed by atoms with Crippen LogP contribution in [0.25, 0.3) is 11.1 Å². The Morgan fingerprint density at radius 2 is 1.50 bits per heavy atom. The van der Waals surface area contributed by atoms with Crippen molar-refractivity contribution in [3.8, 4) is 11.1 Å². The van der Waals surface area contributed by atoms with Gasteiger partial charge < -0.3 is 20.5 Å². The van der Waals surface area contributed by atoms with Crippen molar-refractivity contribution in [3.63, 3.8) is 0 Å². The molecule has 0 fully saturated rings. The molecular weight excluding hydrogens is 408 g/mol. The summed E-state index contributed by atoms with van der Waals surface area (Å²) in [4.78, 5) is 35.4. The summed E-state index contributed by atoms with van der Waals surface area (Å²) in [5, 5.41) is 14.5. The van der Waals surface area contributed by atoms with Gasteiger partial charge in [0, 0.05) is 24.4 Å². The van der Waals surface area contributed by atoms with Gasteiger partial charge in [-0.3, -0.25) is 9.59 Å². The predicted molar refractivity (Wildman–Crippen MR) is 121 cm³/mol. The lowest BCUT2D eigenvalue weighted by Gasteiger charge is -2.19. The molecule has 1 aliphatic rings. The van der Waals surface area contributed by atoms with Gasteiger partial charge in [-0.05, 0) is 49.4 Å². The fourth-order valence-electron chi connectivity index (χ4n) is 3.93. The lowest BCUT2D eigenvalue weighted by Crippen LogP contribution is -2.41. The second-order valence-corrected chi connectivity index (χ2v) is 8.39. The summed E-state index contributed by atoms with van der Waals surface area (Å²) in [6.45, 7) is 5.25. The number of ether oxygens (including phenoxy) is 1. The molecule has 2 aromatic rings. The number of hydrogen-bond donors (Lipinski definition) is 3. The molecule has 0 saturated heterocycles. The van der Waals surface area contributed by atoms with E-state index in [4.69, 9.17) is 9.84 Å². The number of benzene rings is 2. The maximum atomic E-state index is 12.3. The second-order valence-electron chi connectivity index (χ2n) is 8.39. The van der Waals surface area contributed by atoms with Crippen molar-refractivity contribution in [2.24, 2.45) is 5.92 Å². The maximum Gasteiger partial charge on any atom is 0.407 e. The number of amides is 2. The molecule has 32 heavy (non-hydrogen) atoms. The number of hydrogen-bond acceptors (Lipinski definition) is 4. The zero-order chi connectivity index (χ0) is 23.3. The summed E-state index contributed by atoms with van der Waals surface area (Å²) >= 11 is 0. The van der Waals surface area contributed by atoms with Crippen molar-refractivity contribution in [1.29, 1.82) is 0 Å². The molecule has 3 rings (SSSR count). The second kappa shape index (κ2) is 10.3. The molecule has 0 aromatic heterocycles. The van der Waals surface area contributed by atoms with Gasteiger partial charge in [0.1, 0.15) is 6.61 Å². The number of carboxylic acid groups (broad SMARTS) is 1. The summed E-state index contributed by atoms with van der Waals surface area (Å²) in [7, 11) is 0. The van der Waals surface area contributed by atoms with Crippen LogP contribution < -0.4 is 10.6 Å². The summed E-state index contributed by atoms with van der Waals surface area (Å²) in [6.07, 6.45) is 0.0822. The molecule has 0 aliphatic heterocycles. The van der Waals surface area contributed by atoms with E-state index in [-0.39, 0.29) is 30.9 Å². The summed E-state index contributed by atoms with van der Waals surface area (Å²) in [5.74, 6) is -1.88. The minimum absolute atomic E-state index is 0.00746. The van der Waals surface area contributed by atoms with Crippen molar-refractivity contribution in [2.75, 3.05) is 6.61 Å². The summed E-state index contributed by atoms with van der Waals surface area (Å²) < 4.78 is 5.52. The first-order chi connectivity index (χ1) is 15.3. The number of alkyl carbamates (subject to hydrolysis) is 1. The number of carbonyl (C=O) groups excluding carboxylic acids is 2. The Morgan fingerprint density at radius 3 is 2.06 bits per heavy atom. The molecule has 3 atom stereocenters. The molecule has 0 heterocycles. The van der Waals surface area contributed by atoms with E-state index in [1.165, 1.54) is 11.1 Å². The maximum absolute atomic E-state index is 12.3. The van der Waals surface area contributed by atoms with Crippen LogP contribution in [-0.2, 0) is 14.3 Å². The van der Waals surface area contributed by atoms with E-state index < -0.39 is 24.0 Å². The molecule has 0 radical (unpaired) electrons. The topological polar surface area (TPSA) is 105 Å². The smallest absolute Gasteiger partial charge is 0.407 e. The van der Waals surface area contributed by atoms with Gasteiger partial charge >= 0.3 is 12.1 Å². The van der Waals surface area contributed by atoms with Crippen LogP contribution in [0, 0.1) is 5.92 Å². The number of rotatable bonds is 9. The highest BCUT2D eigenvalue weighted by Gasteiger charge is 2.29. The van der Waals surface area contributed by atoms with Crippen LogP contribution in [0.5, 0.6) is 0 Å². The quantitative estimate of drug-likeness (QED) is 0.550. The number of carbonyl (C=O) groups is 3. The lowest BCUT2D eigenvalue weighted by molar-refractivity contribution is -0.142. The van der Waals surface area contributed by atoms with Crippen molar-refractivity contribution in [3.05, 3.63) is 59.7 Å². The third-order valence-electron chi connectivity index (χ3n) is 6.04. The van der Waals surface area contributed by atoms with Crippen molar-refractivity contribution >= 4 is 18.0 Å². The van der Waals surface area contributed by atoms with E-state index in [0.29, 0.717) is 6.42 Å². The molecule has 2 aromatic carbocycles. The first kappa shape index (κ1) is 23.3. The third-order valence-corrected chi connectivity index (χ3v) is 6.04. The molecule has 3 N–H and O–H groups in total. The van der Waals surface area contributed by atoms with Gasteiger partial charge in [-0.15, -0.1) is 0 Å². The van der Waals surface area contributed by atoms with E-state index in [2.05, 4.69) is 34.9 Å². The van der Waals surface area contributed by atoms with Crippen LogP contribution in [0.3, 0.4) is 0 Å². The first-order valence-corrected chi connectivity index (χ1v) is 10.9. The standard InChI is InChI=1S/C25H30N2O5/c1-15(12-13-23(28)27-17(3)16(2)24(29)30)26-25(31)32-14-22-20-10-6-4-8-18(20)19-9-5-7-11-21(19)22/h4-11,15-17,22H,12-14H2,1-3H3,(H,26,31)(H,27,28)(H,29,30). The Bertz CT molecular complexity index is 944. The van der Waals surface area contributed by atoms with Gasteiger partial charge in [0.05, 0.1) is 5.92 Å². The van der Waals surface area contributed by atoms with E-state index in [9.17, 15) is 14.4 Å². The molecule has 7 nitrogen and oxygen atoms in total. The number of fused-ring (bicyclic) bond motifs is 3. The van der Waals surface area contributed by atoms with Gasteiger partial charge in [-0.2, -0.15) is 0 Å². The van der Waals surface area contributed by atoms with Gasteiger partial charge in [0.15, 0.2) is 0 Å². The fourth-order valence-corrected chi connectivity index (χ4v) is 3.93. The van der Waals surface area contributed by atoms with Crippen molar-refractivity contribution in [1.82, 2.24) is 10.6 Å². The van der Waals surface area contributed by atoms with Gasteiger partial charge in [0.25, 0.3) is 0 Å².